The molecule has 0 spiro atoms. The Kier molecular flexibility index (Phi) is 5.84. The monoisotopic (exact) mass is 316 g/mol. The maximum Gasteiger partial charge on any atom is 0.224 e. The number of hydrogen-bond donors (Lipinski definition) is 1. The summed E-state index contributed by atoms with van der Waals surface area (Å²) in [6, 6.07) is 15.7. The van der Waals surface area contributed by atoms with E-state index in [-0.39, 0.29) is 5.91 Å². The molecule has 0 bridgehead atoms. The summed E-state index contributed by atoms with van der Waals surface area (Å²) in [5.41, 5.74) is 2.95. The molecule has 0 saturated carbocycles. The highest BCUT2D eigenvalue weighted by Gasteiger charge is 2.09. The van der Waals surface area contributed by atoms with Crippen molar-refractivity contribution in [3.8, 4) is 0 Å². The number of halogens is 1. The minimum Gasteiger partial charge on any atom is -0.376 e. The zero-order valence-corrected chi connectivity index (χ0v) is 13.7. The summed E-state index contributed by atoms with van der Waals surface area (Å²) in [6.07, 6.45) is 2.23. The lowest BCUT2D eigenvalue weighted by atomic mass is 10.1. The van der Waals surface area contributed by atoms with Crippen molar-refractivity contribution >= 4 is 28.9 Å². The molecule has 0 saturated heterocycles. The van der Waals surface area contributed by atoms with Gasteiger partial charge in [0.2, 0.25) is 5.91 Å². The maximum atomic E-state index is 12.1. The molecule has 0 aliphatic rings. The first-order valence-corrected chi connectivity index (χ1v) is 7.74. The van der Waals surface area contributed by atoms with Crippen molar-refractivity contribution in [2.75, 3.05) is 24.3 Å². The Morgan fingerprint density at radius 2 is 1.86 bits per heavy atom. The van der Waals surface area contributed by atoms with Crippen LogP contribution in [0.15, 0.2) is 48.5 Å². The lowest BCUT2D eigenvalue weighted by Crippen LogP contribution is -2.16. The van der Waals surface area contributed by atoms with Crippen LogP contribution in [0.5, 0.6) is 0 Å². The first kappa shape index (κ1) is 16.4. The highest BCUT2D eigenvalue weighted by atomic mass is 35.5. The zero-order chi connectivity index (χ0) is 15.9. The van der Waals surface area contributed by atoms with Gasteiger partial charge in [0.1, 0.15) is 0 Å². The Morgan fingerprint density at radius 3 is 2.55 bits per heavy atom. The number of hydrogen-bond acceptors (Lipinski definition) is 2. The molecule has 0 aliphatic heterocycles. The minimum absolute atomic E-state index is 0.0151. The van der Waals surface area contributed by atoms with E-state index in [2.05, 4.69) is 17.4 Å². The van der Waals surface area contributed by atoms with Crippen LogP contribution in [0.3, 0.4) is 0 Å². The molecule has 0 aromatic heterocycles. The molecule has 22 heavy (non-hydrogen) atoms. The SMILES string of the molecule is CN(C)c1ccc(Cl)cc1NC(=O)CCCc1ccccc1. The van der Waals surface area contributed by atoms with E-state index in [1.165, 1.54) is 5.56 Å². The van der Waals surface area contributed by atoms with Crippen molar-refractivity contribution < 1.29 is 4.79 Å². The second-order valence-corrected chi connectivity index (χ2v) is 5.88. The van der Waals surface area contributed by atoms with E-state index in [4.69, 9.17) is 11.6 Å². The number of amides is 1. The fourth-order valence-corrected chi connectivity index (χ4v) is 2.48. The largest absolute Gasteiger partial charge is 0.376 e. The molecule has 2 aromatic rings. The zero-order valence-electron chi connectivity index (χ0n) is 13.0. The molecule has 3 nitrogen and oxygen atoms in total. The quantitative estimate of drug-likeness (QED) is 0.858. The van der Waals surface area contributed by atoms with Gasteiger partial charge < -0.3 is 10.2 Å². The fraction of sp³-hybridized carbons (Fsp3) is 0.278. The fourth-order valence-electron chi connectivity index (χ4n) is 2.31. The van der Waals surface area contributed by atoms with Gasteiger partial charge in [0.15, 0.2) is 0 Å². The highest BCUT2D eigenvalue weighted by molar-refractivity contribution is 6.31. The Hall–Kier alpha value is -2.00. The van der Waals surface area contributed by atoms with Crippen LogP contribution in [0.1, 0.15) is 18.4 Å². The number of carbonyl (C=O) groups is 1. The second-order valence-electron chi connectivity index (χ2n) is 5.44. The molecule has 2 aromatic carbocycles. The standard InChI is InChI=1S/C18H21ClN2O/c1-21(2)17-12-11-15(19)13-16(17)20-18(22)10-6-9-14-7-4-3-5-8-14/h3-5,7-8,11-13H,6,9-10H2,1-2H3,(H,20,22). The second kappa shape index (κ2) is 7.85. The first-order chi connectivity index (χ1) is 10.6. The number of aryl methyl sites for hydroxylation is 1. The lowest BCUT2D eigenvalue weighted by molar-refractivity contribution is -0.116. The summed E-state index contributed by atoms with van der Waals surface area (Å²) >= 11 is 6.02. The van der Waals surface area contributed by atoms with Gasteiger partial charge in [0.25, 0.3) is 0 Å². The molecule has 0 atom stereocenters. The third kappa shape index (κ3) is 4.78. The van der Waals surface area contributed by atoms with Gasteiger partial charge in [0.05, 0.1) is 11.4 Å². The molecule has 1 N–H and O–H groups in total. The summed E-state index contributed by atoms with van der Waals surface area (Å²) < 4.78 is 0. The highest BCUT2D eigenvalue weighted by Crippen LogP contribution is 2.28. The Bertz CT molecular complexity index is 626. The molecule has 0 unspecified atom stereocenters. The van der Waals surface area contributed by atoms with Gasteiger partial charge in [-0.2, -0.15) is 0 Å². The number of nitrogens with one attached hydrogen (secondary N) is 1. The molecule has 116 valence electrons. The molecule has 2 rings (SSSR count). The molecular formula is C18H21ClN2O. The van der Waals surface area contributed by atoms with Gasteiger partial charge in [-0.3, -0.25) is 4.79 Å². The summed E-state index contributed by atoms with van der Waals surface area (Å²) in [5.74, 6) is 0.0151. The molecular weight excluding hydrogens is 296 g/mol. The summed E-state index contributed by atoms with van der Waals surface area (Å²) in [7, 11) is 3.88. The Morgan fingerprint density at radius 1 is 1.14 bits per heavy atom. The molecule has 4 heteroatoms. The number of nitrogens with zero attached hydrogens (tertiary/aromatic N) is 1. The summed E-state index contributed by atoms with van der Waals surface area (Å²) in [6.45, 7) is 0. The van der Waals surface area contributed by atoms with E-state index in [0.717, 1.165) is 24.2 Å². The normalized spacial score (nSPS) is 10.3. The topological polar surface area (TPSA) is 32.3 Å². The van der Waals surface area contributed by atoms with Crippen LogP contribution in [0.2, 0.25) is 5.02 Å². The van der Waals surface area contributed by atoms with Crippen molar-refractivity contribution in [3.63, 3.8) is 0 Å². The van der Waals surface area contributed by atoms with Crippen molar-refractivity contribution in [3.05, 3.63) is 59.1 Å². The first-order valence-electron chi connectivity index (χ1n) is 7.37. The van der Waals surface area contributed by atoms with Gasteiger partial charge >= 0.3 is 0 Å². The Balaban J connectivity index is 1.90. The summed E-state index contributed by atoms with van der Waals surface area (Å²) in [5, 5.41) is 3.57. The van der Waals surface area contributed by atoms with Crippen molar-refractivity contribution in [2.45, 2.75) is 19.3 Å². The van der Waals surface area contributed by atoms with Crippen molar-refractivity contribution in [1.29, 1.82) is 0 Å². The van der Waals surface area contributed by atoms with E-state index >= 15 is 0 Å². The third-order valence-corrected chi connectivity index (χ3v) is 3.66. The van der Waals surface area contributed by atoms with Gasteiger partial charge in [-0.25, -0.2) is 0 Å². The van der Waals surface area contributed by atoms with Crippen LogP contribution in [-0.2, 0) is 11.2 Å². The van der Waals surface area contributed by atoms with Crippen molar-refractivity contribution in [2.24, 2.45) is 0 Å². The predicted octanol–water partition coefficient (Wildman–Crippen LogP) is 4.37. The van der Waals surface area contributed by atoms with Gasteiger partial charge in [0, 0.05) is 25.5 Å². The van der Waals surface area contributed by atoms with Crippen LogP contribution < -0.4 is 10.2 Å². The molecule has 0 heterocycles. The number of carbonyl (C=O) groups excluding carboxylic acids is 1. The average Bonchev–Trinajstić information content (AvgIpc) is 2.48. The van der Waals surface area contributed by atoms with E-state index in [0.29, 0.717) is 11.4 Å². The van der Waals surface area contributed by atoms with E-state index in [1.54, 1.807) is 6.07 Å². The van der Waals surface area contributed by atoms with Crippen LogP contribution >= 0.6 is 11.6 Å². The molecule has 1 amide bonds. The Labute approximate surface area is 136 Å². The lowest BCUT2D eigenvalue weighted by Gasteiger charge is -2.18. The van der Waals surface area contributed by atoms with E-state index in [9.17, 15) is 4.79 Å². The minimum atomic E-state index is 0.0151. The van der Waals surface area contributed by atoms with E-state index < -0.39 is 0 Å². The third-order valence-electron chi connectivity index (χ3n) is 3.43. The number of rotatable bonds is 6. The van der Waals surface area contributed by atoms with Crippen LogP contribution in [-0.4, -0.2) is 20.0 Å². The molecule has 0 aliphatic carbocycles. The van der Waals surface area contributed by atoms with Crippen LogP contribution in [0, 0.1) is 0 Å². The molecule has 0 radical (unpaired) electrons. The average molecular weight is 317 g/mol. The molecule has 0 fully saturated rings. The smallest absolute Gasteiger partial charge is 0.224 e. The van der Waals surface area contributed by atoms with Gasteiger partial charge in [-0.15, -0.1) is 0 Å². The van der Waals surface area contributed by atoms with Crippen LogP contribution in [0.25, 0.3) is 0 Å². The van der Waals surface area contributed by atoms with Gasteiger partial charge in [-0.1, -0.05) is 41.9 Å². The van der Waals surface area contributed by atoms with Crippen LogP contribution in [0.4, 0.5) is 11.4 Å². The number of anilines is 2. The maximum absolute atomic E-state index is 12.1. The predicted molar refractivity (Wildman–Crippen MR) is 93.8 cm³/mol. The van der Waals surface area contributed by atoms with Crippen molar-refractivity contribution in [1.82, 2.24) is 0 Å². The van der Waals surface area contributed by atoms with Gasteiger partial charge in [-0.05, 0) is 36.6 Å². The summed E-state index contributed by atoms with van der Waals surface area (Å²) in [4.78, 5) is 14.1. The number of benzene rings is 2. The van der Waals surface area contributed by atoms with E-state index in [1.807, 2.05) is 49.3 Å².